The van der Waals surface area contributed by atoms with E-state index in [-0.39, 0.29) is 36.5 Å². The van der Waals surface area contributed by atoms with Gasteiger partial charge in [-0.2, -0.15) is 0 Å². The molecule has 1 aliphatic rings. The van der Waals surface area contributed by atoms with Crippen molar-refractivity contribution in [1.82, 2.24) is 10.2 Å². The molecule has 1 aliphatic heterocycles. The second-order valence-corrected chi connectivity index (χ2v) is 6.69. The average Bonchev–Trinajstić information content (AvgIpc) is 2.25. The third-order valence-corrected chi connectivity index (χ3v) is 3.74. The molecule has 0 bridgehead atoms. The van der Waals surface area contributed by atoms with Crippen molar-refractivity contribution in [3.05, 3.63) is 0 Å². The molecule has 5 nitrogen and oxygen atoms in total. The van der Waals surface area contributed by atoms with Crippen LogP contribution in [0.25, 0.3) is 0 Å². The zero-order valence-corrected chi connectivity index (χ0v) is 11.9. The van der Waals surface area contributed by atoms with Gasteiger partial charge < -0.3 is 10.2 Å². The van der Waals surface area contributed by atoms with Gasteiger partial charge in [-0.05, 0) is 19.4 Å². The van der Waals surface area contributed by atoms with Crippen LogP contribution in [-0.2, 0) is 14.6 Å². The van der Waals surface area contributed by atoms with Gasteiger partial charge in [0.25, 0.3) is 0 Å². The zero-order valence-electron chi connectivity index (χ0n) is 10.3. The summed E-state index contributed by atoms with van der Waals surface area (Å²) in [5.74, 6) is 0.101. The van der Waals surface area contributed by atoms with Gasteiger partial charge in [0.05, 0.1) is 11.7 Å². The van der Waals surface area contributed by atoms with Crippen LogP contribution in [0, 0.1) is 5.92 Å². The lowest BCUT2D eigenvalue weighted by Crippen LogP contribution is -2.42. The molecular formula is C10H21ClN2O3S. The summed E-state index contributed by atoms with van der Waals surface area (Å²) in [6.07, 6.45) is 3.10. The number of rotatable bonds is 4. The van der Waals surface area contributed by atoms with Crippen LogP contribution in [0.1, 0.15) is 12.8 Å². The molecule has 17 heavy (non-hydrogen) atoms. The number of piperidine rings is 1. The van der Waals surface area contributed by atoms with Crippen molar-refractivity contribution in [3.63, 3.8) is 0 Å². The van der Waals surface area contributed by atoms with Crippen molar-refractivity contribution < 1.29 is 13.2 Å². The Morgan fingerprint density at radius 3 is 2.59 bits per heavy atom. The fourth-order valence-corrected chi connectivity index (χ4v) is 2.39. The van der Waals surface area contributed by atoms with Crippen molar-refractivity contribution in [3.8, 4) is 0 Å². The first-order valence-electron chi connectivity index (χ1n) is 5.53. The number of nitrogens with zero attached hydrogens (tertiary/aromatic N) is 1. The highest BCUT2D eigenvalue weighted by Gasteiger charge is 2.24. The Morgan fingerprint density at radius 2 is 2.12 bits per heavy atom. The molecule has 1 N–H and O–H groups in total. The van der Waals surface area contributed by atoms with Crippen molar-refractivity contribution in [1.29, 1.82) is 0 Å². The molecule has 102 valence electrons. The lowest BCUT2D eigenvalue weighted by Gasteiger charge is -2.26. The standard InChI is InChI=1S/C10H20N2O3S.ClH/c1-12(6-7-16(2,14)15)10(13)9-4-3-5-11-8-9;/h9,11H,3-8H2,1-2H3;1H/t9-;/m1./s1. The molecule has 1 saturated heterocycles. The highest BCUT2D eigenvalue weighted by atomic mass is 35.5. The number of sulfone groups is 1. The smallest absolute Gasteiger partial charge is 0.226 e. The lowest BCUT2D eigenvalue weighted by atomic mass is 9.98. The maximum absolute atomic E-state index is 11.9. The maximum atomic E-state index is 11.9. The normalized spacial score (nSPS) is 20.5. The maximum Gasteiger partial charge on any atom is 0.226 e. The van der Waals surface area contributed by atoms with Crippen LogP contribution in [0.2, 0.25) is 0 Å². The fraction of sp³-hybridized carbons (Fsp3) is 0.900. The average molecular weight is 285 g/mol. The van der Waals surface area contributed by atoms with Crippen molar-refractivity contribution >= 4 is 28.2 Å². The molecule has 0 aromatic carbocycles. The molecule has 0 aromatic heterocycles. The summed E-state index contributed by atoms with van der Waals surface area (Å²) in [4.78, 5) is 13.4. The van der Waals surface area contributed by atoms with E-state index in [1.807, 2.05) is 0 Å². The summed E-state index contributed by atoms with van der Waals surface area (Å²) in [6, 6.07) is 0. The van der Waals surface area contributed by atoms with E-state index in [0.29, 0.717) is 6.54 Å². The molecule has 7 heteroatoms. The summed E-state index contributed by atoms with van der Waals surface area (Å²) in [7, 11) is -1.32. The Kier molecular flexibility index (Phi) is 7.04. The number of amides is 1. The monoisotopic (exact) mass is 284 g/mol. The second-order valence-electron chi connectivity index (χ2n) is 4.43. The third kappa shape index (κ3) is 6.24. The van der Waals surface area contributed by atoms with Gasteiger partial charge in [0.2, 0.25) is 5.91 Å². The second kappa shape index (κ2) is 7.18. The SMILES string of the molecule is CN(CCS(C)(=O)=O)C(=O)[C@@H]1CCCNC1.Cl. The molecule has 0 spiro atoms. The minimum atomic E-state index is -2.99. The Morgan fingerprint density at radius 1 is 1.47 bits per heavy atom. The molecule has 1 fully saturated rings. The van der Waals surface area contributed by atoms with E-state index in [4.69, 9.17) is 0 Å². The highest BCUT2D eigenvalue weighted by Crippen LogP contribution is 2.12. The van der Waals surface area contributed by atoms with Crippen LogP contribution >= 0.6 is 12.4 Å². The first kappa shape index (κ1) is 16.7. The van der Waals surface area contributed by atoms with E-state index in [1.165, 1.54) is 11.2 Å². The molecule has 0 aromatic rings. The van der Waals surface area contributed by atoms with Crippen LogP contribution in [0.4, 0.5) is 0 Å². The van der Waals surface area contributed by atoms with Crippen LogP contribution in [-0.4, -0.2) is 57.9 Å². The first-order chi connectivity index (χ1) is 7.40. The van der Waals surface area contributed by atoms with Crippen LogP contribution in [0.3, 0.4) is 0 Å². The minimum Gasteiger partial charge on any atom is -0.344 e. The van der Waals surface area contributed by atoms with E-state index >= 15 is 0 Å². The Labute approximate surface area is 109 Å². The number of nitrogens with one attached hydrogen (secondary N) is 1. The predicted octanol–water partition coefficient (Wildman–Crippen LogP) is -0.0892. The molecule has 0 unspecified atom stereocenters. The van der Waals surface area contributed by atoms with Gasteiger partial charge in [0.1, 0.15) is 9.84 Å². The first-order valence-corrected chi connectivity index (χ1v) is 7.59. The summed E-state index contributed by atoms with van der Waals surface area (Å²) >= 11 is 0. The van der Waals surface area contributed by atoms with Gasteiger partial charge in [0.15, 0.2) is 0 Å². The summed E-state index contributed by atoms with van der Waals surface area (Å²) in [5.41, 5.74) is 0. The van der Waals surface area contributed by atoms with Gasteiger partial charge in [-0.3, -0.25) is 4.79 Å². The molecule has 1 amide bonds. The molecule has 0 radical (unpaired) electrons. The number of halogens is 1. The topological polar surface area (TPSA) is 66.5 Å². The van der Waals surface area contributed by atoms with E-state index in [0.717, 1.165) is 19.4 Å². The summed E-state index contributed by atoms with van der Waals surface area (Å²) in [5, 5.41) is 3.18. The Hall–Kier alpha value is -0.330. The zero-order chi connectivity index (χ0) is 12.2. The summed E-state index contributed by atoms with van der Waals surface area (Å²) in [6.45, 7) is 1.97. The van der Waals surface area contributed by atoms with Gasteiger partial charge >= 0.3 is 0 Å². The van der Waals surface area contributed by atoms with Crippen LogP contribution in [0.5, 0.6) is 0 Å². The predicted molar refractivity (Wildman–Crippen MR) is 70.2 cm³/mol. The molecule has 0 saturated carbocycles. The Balaban J connectivity index is 0.00000256. The third-order valence-electron chi connectivity index (χ3n) is 2.82. The molecule has 1 heterocycles. The van der Waals surface area contributed by atoms with Gasteiger partial charge in [-0.15, -0.1) is 12.4 Å². The van der Waals surface area contributed by atoms with Gasteiger partial charge in [0, 0.05) is 26.4 Å². The molecular weight excluding hydrogens is 264 g/mol. The quantitative estimate of drug-likeness (QED) is 0.784. The summed E-state index contributed by atoms with van der Waals surface area (Å²) < 4.78 is 22.0. The van der Waals surface area contributed by atoms with Crippen molar-refractivity contribution in [2.75, 3.05) is 38.7 Å². The van der Waals surface area contributed by atoms with Gasteiger partial charge in [-0.1, -0.05) is 0 Å². The van der Waals surface area contributed by atoms with Crippen LogP contribution < -0.4 is 5.32 Å². The van der Waals surface area contributed by atoms with E-state index in [9.17, 15) is 13.2 Å². The number of hydrogen-bond donors (Lipinski definition) is 1. The van der Waals surface area contributed by atoms with Crippen molar-refractivity contribution in [2.24, 2.45) is 5.92 Å². The van der Waals surface area contributed by atoms with E-state index in [1.54, 1.807) is 7.05 Å². The van der Waals surface area contributed by atoms with Gasteiger partial charge in [-0.25, -0.2) is 8.42 Å². The lowest BCUT2D eigenvalue weighted by molar-refractivity contribution is -0.134. The Bertz CT molecular complexity index is 339. The largest absolute Gasteiger partial charge is 0.344 e. The van der Waals surface area contributed by atoms with E-state index in [2.05, 4.69) is 5.32 Å². The highest BCUT2D eigenvalue weighted by molar-refractivity contribution is 7.90. The fourth-order valence-electron chi connectivity index (χ4n) is 1.79. The number of carbonyl (C=O) groups is 1. The minimum absolute atomic E-state index is 0. The number of carbonyl (C=O) groups excluding carboxylic acids is 1. The molecule has 1 rings (SSSR count). The van der Waals surface area contributed by atoms with E-state index < -0.39 is 9.84 Å². The number of hydrogen-bond acceptors (Lipinski definition) is 4. The van der Waals surface area contributed by atoms with Crippen molar-refractivity contribution in [2.45, 2.75) is 12.8 Å². The molecule has 1 atom stereocenters. The van der Waals surface area contributed by atoms with Crippen LogP contribution in [0.15, 0.2) is 0 Å². The molecule has 0 aliphatic carbocycles.